The number of hydrogen-bond acceptors (Lipinski definition) is 3. The average Bonchev–Trinajstić information content (AvgIpc) is 3.17. The van der Waals surface area contributed by atoms with Crippen molar-refractivity contribution in [1.82, 2.24) is 0 Å². The van der Waals surface area contributed by atoms with Crippen LogP contribution in [0.1, 0.15) is 24.8 Å². The van der Waals surface area contributed by atoms with Gasteiger partial charge in [-0.25, -0.2) is 0 Å². The van der Waals surface area contributed by atoms with Gasteiger partial charge in [0.2, 0.25) is 0 Å². The van der Waals surface area contributed by atoms with Crippen LogP contribution in [0.3, 0.4) is 0 Å². The summed E-state index contributed by atoms with van der Waals surface area (Å²) in [6.45, 7) is 0.632. The van der Waals surface area contributed by atoms with Crippen LogP contribution in [0.15, 0.2) is 18.2 Å². The molecule has 0 aromatic heterocycles. The number of benzene rings is 1. The van der Waals surface area contributed by atoms with Gasteiger partial charge in [0, 0.05) is 22.7 Å². The molecule has 4 heteroatoms. The highest BCUT2D eigenvalue weighted by molar-refractivity contribution is 9.08. The molecule has 96 valence electrons. The smallest absolute Gasteiger partial charge is 0.123 e. The minimum absolute atomic E-state index is 0.109. The first-order valence-electron chi connectivity index (χ1n) is 5.96. The number of nitrogens with zero attached hydrogens (tertiary/aromatic N) is 1. The summed E-state index contributed by atoms with van der Waals surface area (Å²) in [5, 5.41) is 9.51. The van der Waals surface area contributed by atoms with Gasteiger partial charge in [-0.2, -0.15) is 5.26 Å². The molecule has 18 heavy (non-hydrogen) atoms. The van der Waals surface area contributed by atoms with Crippen LogP contribution in [-0.4, -0.2) is 13.7 Å². The molecule has 1 aliphatic rings. The lowest BCUT2D eigenvalue weighted by Gasteiger charge is -2.15. The van der Waals surface area contributed by atoms with Crippen LogP contribution in [0.4, 0.5) is 0 Å². The fourth-order valence-corrected chi connectivity index (χ4v) is 2.31. The molecule has 1 fully saturated rings. The van der Waals surface area contributed by atoms with Gasteiger partial charge in [0.25, 0.3) is 0 Å². The van der Waals surface area contributed by atoms with Crippen molar-refractivity contribution in [3.8, 4) is 17.6 Å². The maximum Gasteiger partial charge on any atom is 0.123 e. The fraction of sp³-hybridized carbons (Fsp3) is 0.500. The van der Waals surface area contributed by atoms with Crippen LogP contribution in [0.2, 0.25) is 0 Å². The molecule has 0 atom stereocenters. The number of rotatable bonds is 6. The summed E-state index contributed by atoms with van der Waals surface area (Å²) in [6, 6.07) is 8.03. The second-order valence-electron chi connectivity index (χ2n) is 4.73. The number of methoxy groups -OCH3 is 1. The molecule has 0 spiro atoms. The van der Waals surface area contributed by atoms with Crippen molar-refractivity contribution >= 4 is 15.9 Å². The lowest BCUT2D eigenvalue weighted by molar-refractivity contribution is 0.235. The molecule has 1 aliphatic carbocycles. The molecule has 3 nitrogen and oxygen atoms in total. The third-order valence-corrected chi connectivity index (χ3v) is 3.96. The van der Waals surface area contributed by atoms with E-state index in [1.165, 1.54) is 0 Å². The minimum Gasteiger partial charge on any atom is -0.497 e. The summed E-state index contributed by atoms with van der Waals surface area (Å²) >= 11 is 3.45. The lowest BCUT2D eigenvalue weighted by Crippen LogP contribution is -2.13. The van der Waals surface area contributed by atoms with Crippen molar-refractivity contribution in [3.63, 3.8) is 0 Å². The van der Waals surface area contributed by atoms with Gasteiger partial charge >= 0.3 is 0 Å². The molecule has 0 radical (unpaired) electrons. The third kappa shape index (κ3) is 2.97. The zero-order valence-corrected chi connectivity index (χ0v) is 12.0. The monoisotopic (exact) mass is 309 g/mol. The number of nitriles is 1. The first-order valence-corrected chi connectivity index (χ1v) is 7.08. The van der Waals surface area contributed by atoms with Gasteiger partial charge in [0.15, 0.2) is 0 Å². The summed E-state index contributed by atoms with van der Waals surface area (Å²) in [5.74, 6) is 1.70. The maximum absolute atomic E-state index is 8.78. The Bertz CT molecular complexity index is 463. The van der Waals surface area contributed by atoms with Gasteiger partial charge < -0.3 is 9.47 Å². The highest BCUT2D eigenvalue weighted by Gasteiger charge is 2.43. The van der Waals surface area contributed by atoms with Gasteiger partial charge in [-0.05, 0) is 31.0 Å². The second-order valence-corrected chi connectivity index (χ2v) is 5.29. The van der Waals surface area contributed by atoms with Crippen LogP contribution in [-0.2, 0) is 5.33 Å². The molecule has 0 unspecified atom stereocenters. The zero-order chi connectivity index (χ0) is 13.0. The molecular weight excluding hydrogens is 294 g/mol. The number of hydrogen-bond donors (Lipinski definition) is 0. The molecule has 0 N–H and O–H groups in total. The molecular formula is C14H16BrNO2. The number of halogens is 1. The zero-order valence-electron chi connectivity index (χ0n) is 10.4. The van der Waals surface area contributed by atoms with Crippen molar-refractivity contribution in [1.29, 1.82) is 5.26 Å². The van der Waals surface area contributed by atoms with Gasteiger partial charge in [-0.15, -0.1) is 0 Å². The fourth-order valence-electron chi connectivity index (χ4n) is 1.88. The molecule has 0 bridgehead atoms. The molecule has 0 saturated heterocycles. The van der Waals surface area contributed by atoms with Crippen LogP contribution < -0.4 is 9.47 Å². The van der Waals surface area contributed by atoms with Crippen LogP contribution >= 0.6 is 15.9 Å². The SMILES string of the molecule is COc1ccc(OCC2(CC#N)CC2)c(CBr)c1. The highest BCUT2D eigenvalue weighted by atomic mass is 79.9. The van der Waals surface area contributed by atoms with Crippen LogP contribution in [0.5, 0.6) is 11.5 Å². The number of ether oxygens (including phenoxy) is 2. The van der Waals surface area contributed by atoms with E-state index in [9.17, 15) is 0 Å². The molecule has 0 heterocycles. The van der Waals surface area contributed by atoms with E-state index in [2.05, 4.69) is 22.0 Å². The van der Waals surface area contributed by atoms with Crippen molar-refractivity contribution in [2.75, 3.05) is 13.7 Å². The summed E-state index contributed by atoms with van der Waals surface area (Å²) in [4.78, 5) is 0. The largest absolute Gasteiger partial charge is 0.497 e. The summed E-state index contributed by atoms with van der Waals surface area (Å²) in [5.41, 5.74) is 1.18. The molecule has 1 aromatic carbocycles. The third-order valence-electron chi connectivity index (χ3n) is 3.36. The Kier molecular flexibility index (Phi) is 4.13. The highest BCUT2D eigenvalue weighted by Crippen LogP contribution is 2.48. The minimum atomic E-state index is 0.109. The topological polar surface area (TPSA) is 42.2 Å². The summed E-state index contributed by atoms with van der Waals surface area (Å²) < 4.78 is 11.1. The van der Waals surface area contributed by atoms with E-state index in [0.717, 1.165) is 35.2 Å². The Balaban J connectivity index is 2.03. The quantitative estimate of drug-likeness (QED) is 0.753. The Hall–Kier alpha value is -1.21. The Morgan fingerprint density at radius 1 is 1.44 bits per heavy atom. The Morgan fingerprint density at radius 3 is 2.78 bits per heavy atom. The first-order chi connectivity index (χ1) is 8.73. The van der Waals surface area contributed by atoms with Gasteiger partial charge in [-0.1, -0.05) is 15.9 Å². The van der Waals surface area contributed by atoms with Crippen molar-refractivity contribution in [3.05, 3.63) is 23.8 Å². The van der Waals surface area contributed by atoms with E-state index in [-0.39, 0.29) is 5.41 Å². The van der Waals surface area contributed by atoms with Gasteiger partial charge in [0.1, 0.15) is 11.5 Å². The normalized spacial score (nSPS) is 15.8. The lowest BCUT2D eigenvalue weighted by atomic mass is 10.1. The van der Waals surface area contributed by atoms with E-state index >= 15 is 0 Å². The first kappa shape index (κ1) is 13.2. The molecule has 0 aliphatic heterocycles. The molecule has 0 amide bonds. The predicted molar refractivity (Wildman–Crippen MR) is 73.0 cm³/mol. The average molecular weight is 310 g/mol. The van der Waals surface area contributed by atoms with Crippen LogP contribution in [0.25, 0.3) is 0 Å². The van der Waals surface area contributed by atoms with Gasteiger partial charge in [0.05, 0.1) is 19.8 Å². The van der Waals surface area contributed by atoms with E-state index in [1.807, 2.05) is 18.2 Å². The standard InChI is InChI=1S/C14H16BrNO2/c1-17-12-2-3-13(11(8-12)9-15)18-10-14(4-5-14)6-7-16/h2-3,8H,4-6,9-10H2,1H3. The van der Waals surface area contributed by atoms with Gasteiger partial charge in [-0.3, -0.25) is 0 Å². The Morgan fingerprint density at radius 2 is 2.22 bits per heavy atom. The van der Waals surface area contributed by atoms with E-state index in [0.29, 0.717) is 13.0 Å². The van der Waals surface area contributed by atoms with Crippen LogP contribution in [0, 0.1) is 16.7 Å². The molecule has 1 saturated carbocycles. The summed E-state index contributed by atoms with van der Waals surface area (Å²) in [6.07, 6.45) is 2.79. The van der Waals surface area contributed by atoms with E-state index in [1.54, 1.807) is 7.11 Å². The predicted octanol–water partition coefficient (Wildman–Crippen LogP) is 3.66. The van der Waals surface area contributed by atoms with E-state index in [4.69, 9.17) is 14.7 Å². The van der Waals surface area contributed by atoms with Crippen molar-refractivity contribution in [2.24, 2.45) is 5.41 Å². The second kappa shape index (κ2) is 5.62. The Labute approximate surface area is 116 Å². The number of alkyl halides is 1. The molecule has 2 rings (SSSR count). The van der Waals surface area contributed by atoms with Crippen molar-refractivity contribution in [2.45, 2.75) is 24.6 Å². The molecule has 1 aromatic rings. The van der Waals surface area contributed by atoms with Crippen molar-refractivity contribution < 1.29 is 9.47 Å². The maximum atomic E-state index is 8.78. The summed E-state index contributed by atoms with van der Waals surface area (Å²) in [7, 11) is 1.65. The van der Waals surface area contributed by atoms with E-state index < -0.39 is 0 Å².